The molecule has 6 aromatic rings. The van der Waals surface area contributed by atoms with Crippen molar-refractivity contribution in [2.45, 2.75) is 190 Å². The predicted molar refractivity (Wildman–Crippen MR) is 380 cm³/mol. The number of carboxylic acid groups (broad SMARTS) is 3. The molecule has 11 amide bonds. The normalized spacial score (nSPS) is 16.4. The van der Waals surface area contributed by atoms with Gasteiger partial charge in [-0.3, -0.25) is 62.3 Å². The van der Waals surface area contributed by atoms with Gasteiger partial charge in [0.1, 0.15) is 78.6 Å². The van der Waals surface area contributed by atoms with Crippen LogP contribution in [0.15, 0.2) is 97.7 Å². The average molecular weight is 1490 g/mol. The van der Waals surface area contributed by atoms with Gasteiger partial charge in [-0.05, 0) is 100 Å². The van der Waals surface area contributed by atoms with Crippen LogP contribution in [0.25, 0.3) is 21.8 Å². The number of nitrogens with zero attached hydrogens (tertiary/aromatic N) is 2. The first kappa shape index (κ1) is 82.5. The van der Waals surface area contributed by atoms with E-state index in [1.807, 2.05) is 18.2 Å². The number of aromatic nitrogens is 4. The molecule has 576 valence electrons. The molecule has 0 saturated carbocycles. The second-order valence-electron chi connectivity index (χ2n) is 26.9. The molecule has 0 aliphatic carbocycles. The number of hydrogen-bond acceptors (Lipinski definition) is 18. The number of phenolic OH excluding ortho intramolecular Hbond substituents is 1. The van der Waals surface area contributed by atoms with Gasteiger partial charge in [0, 0.05) is 84.7 Å². The highest BCUT2D eigenvalue weighted by atomic mass is 16.4. The standard InChI is InChI=1S/C71H92N16O20/c1-34(2)24-50(64(99)78-35(3)60(95)84-54(70(105)87-23-11-16-55(87)71(106)107)27-41-31-75-48-15-10-8-13-45(41)48)80-66(101)53(28-42-32-73-33-76-42)81-63(98)49(21-22-56(91)92)79-65(100)52(26-40-30-74-47-14-9-7-12-44(40)47)83-69(104)59(38(6)89)86-67(102)51(25-39-17-19-43(90)20-18-39)82-68(103)58(37(5)88)85-61(96)36(4)77-62(97)46(72)29-57(93)94/h7-10,12-15,17-20,30-38,46,49-55,58-59,74-75,88-90H,11,16,21-29,72H2,1-6H3,(H,73,76)(H,77,97)(H,78,99)(H,79,100)(H,80,101)(H,81,98)(H,82,103)(H,83,104)(H,84,95)(H,85,96)(H,86,102)(H,91,92)(H,93,94)(H,106,107)/p+1/t35-,36-,37+,38+,46-,49-,50-,51-,52-,53-,54-,55-,58-,59-/m0/s1. The Morgan fingerprint density at radius 2 is 0.972 bits per heavy atom. The van der Waals surface area contributed by atoms with E-state index >= 15 is 0 Å². The van der Waals surface area contributed by atoms with E-state index < -0.39 is 193 Å². The van der Waals surface area contributed by atoms with Crippen LogP contribution in [-0.2, 0) is 92.8 Å². The predicted octanol–water partition coefficient (Wildman–Crippen LogP) is -2.93. The van der Waals surface area contributed by atoms with Gasteiger partial charge in [-0.1, -0.05) is 62.4 Å². The maximum atomic E-state index is 15.0. The molecule has 1 aliphatic heterocycles. The summed E-state index contributed by atoms with van der Waals surface area (Å²) < 4.78 is 0. The number of H-pyrrole nitrogens is 3. The lowest BCUT2D eigenvalue weighted by molar-refractivity contribution is -0.403. The summed E-state index contributed by atoms with van der Waals surface area (Å²) in [5.41, 5.74) is 6.42. The summed E-state index contributed by atoms with van der Waals surface area (Å²) in [6, 6.07) is 0.644. The number of likely N-dealkylation sites (tertiary alicyclic amines) is 1. The molecule has 36 nitrogen and oxygen atoms in total. The Bertz CT molecular complexity index is 4180. The maximum Gasteiger partial charge on any atom is 0.326 e. The second kappa shape index (κ2) is 38.3. The molecule has 0 unspecified atom stereocenters. The van der Waals surface area contributed by atoms with E-state index in [4.69, 9.17) is 5.11 Å². The second-order valence-corrected chi connectivity index (χ2v) is 26.9. The molecule has 1 saturated heterocycles. The van der Waals surface area contributed by atoms with E-state index in [0.29, 0.717) is 34.0 Å². The number of aromatic hydroxyl groups is 1. The van der Waals surface area contributed by atoms with E-state index in [0.717, 1.165) is 24.8 Å². The smallest absolute Gasteiger partial charge is 0.326 e. The number of fused-ring (bicyclic) bond motifs is 2. The summed E-state index contributed by atoms with van der Waals surface area (Å²) in [6.45, 7) is 8.38. The van der Waals surface area contributed by atoms with E-state index in [9.17, 15) is 92.7 Å². The van der Waals surface area contributed by atoms with Gasteiger partial charge in [0.25, 0.3) is 5.91 Å². The number of benzene rings is 3. The molecule has 0 radical (unpaired) electrons. The monoisotopic (exact) mass is 1490 g/mol. The first-order chi connectivity index (χ1) is 50.7. The molecule has 107 heavy (non-hydrogen) atoms. The van der Waals surface area contributed by atoms with Crippen molar-refractivity contribution in [3.05, 3.63) is 120 Å². The van der Waals surface area contributed by atoms with Crippen LogP contribution in [0.1, 0.15) is 102 Å². The number of rotatable bonds is 39. The van der Waals surface area contributed by atoms with Crippen molar-refractivity contribution >= 4 is 105 Å². The van der Waals surface area contributed by atoms with Gasteiger partial charge in [-0.15, -0.1) is 0 Å². The Labute approximate surface area is 612 Å². The largest absolute Gasteiger partial charge is 0.508 e. The molecule has 3 aromatic heterocycles. The van der Waals surface area contributed by atoms with E-state index in [1.165, 1.54) is 61.7 Å². The Balaban J connectivity index is 1.11. The average Bonchev–Trinajstić information content (AvgIpc) is 1.53. The van der Waals surface area contributed by atoms with Crippen LogP contribution in [-0.4, -0.2) is 230 Å². The summed E-state index contributed by atoms with van der Waals surface area (Å²) in [4.78, 5) is 206. The van der Waals surface area contributed by atoms with Crippen molar-refractivity contribution in [2.24, 2.45) is 5.92 Å². The molecule has 3 aromatic carbocycles. The number of carbonyl (C=O) groups excluding carboxylic acids is 11. The summed E-state index contributed by atoms with van der Waals surface area (Å²) in [7, 11) is 0. The summed E-state index contributed by atoms with van der Waals surface area (Å²) in [6.07, 6.45) is -0.379. The van der Waals surface area contributed by atoms with E-state index in [-0.39, 0.29) is 56.0 Å². The number of para-hydroxylation sites is 2. The molecule has 36 heteroatoms. The van der Waals surface area contributed by atoms with Crippen molar-refractivity contribution in [3.8, 4) is 5.75 Å². The third-order valence-corrected chi connectivity index (χ3v) is 17.9. The van der Waals surface area contributed by atoms with Crippen LogP contribution in [0.2, 0.25) is 0 Å². The van der Waals surface area contributed by atoms with E-state index in [1.54, 1.807) is 50.4 Å². The quantitative estimate of drug-likeness (QED) is 0.0184. The third kappa shape index (κ3) is 23.6. The van der Waals surface area contributed by atoms with Crippen molar-refractivity contribution in [1.82, 2.24) is 78.0 Å². The van der Waals surface area contributed by atoms with Crippen molar-refractivity contribution in [2.75, 3.05) is 6.54 Å². The van der Waals surface area contributed by atoms with Crippen LogP contribution in [0.4, 0.5) is 0 Å². The van der Waals surface area contributed by atoms with Gasteiger partial charge in [0.15, 0.2) is 6.04 Å². The SMILES string of the molecule is CC(C)C[C@H](NC(=O)[C@H](Cc1cnc[nH]1)NC(=O)[C@H](CCC(=O)O)NC(=O)[C@H](Cc1c[nH]c2ccccc12)NC(=O)[C@@H](NC(=O)[C@H](Cc1ccc(O)cc1)NC(=O)[C@@H](NC(=O)[C@H](C)NC(=O)[C@@H]([NH3+])CC(=O)O)[C@@H](C)O)[C@@H](C)O)C(=O)N[C@@H](C)C(=O)N[C@@H](Cc1c[nH]c2ccccc12)C(=O)N1CCC[C@H]1C(=O)O. The van der Waals surface area contributed by atoms with Gasteiger partial charge in [-0.2, -0.15) is 0 Å². The number of carbonyl (C=O) groups is 14. The number of quaternary nitrogens is 1. The van der Waals surface area contributed by atoms with Crippen LogP contribution >= 0.6 is 0 Å². The summed E-state index contributed by atoms with van der Waals surface area (Å²) in [5.74, 6) is -15.6. The topological polar surface area (TPSA) is 572 Å². The maximum absolute atomic E-state index is 15.0. The number of carboxylic acids is 3. The molecule has 14 atom stereocenters. The minimum Gasteiger partial charge on any atom is -0.508 e. The number of aliphatic hydroxyl groups is 2. The fourth-order valence-corrected chi connectivity index (χ4v) is 12.1. The fraction of sp³-hybridized carbons (Fsp3) is 0.451. The number of aromatic amines is 3. The Hall–Kier alpha value is -11.8. The van der Waals surface area contributed by atoms with Crippen molar-refractivity contribution < 1.29 is 103 Å². The molecule has 0 spiro atoms. The highest BCUT2D eigenvalue weighted by molar-refractivity contribution is 6.00. The summed E-state index contributed by atoms with van der Waals surface area (Å²) >= 11 is 0. The molecule has 1 aliphatic rings. The molecule has 0 bridgehead atoms. The fourth-order valence-electron chi connectivity index (χ4n) is 12.1. The minimum absolute atomic E-state index is 0.0459. The van der Waals surface area contributed by atoms with Crippen LogP contribution in [0.5, 0.6) is 5.75 Å². The van der Waals surface area contributed by atoms with Crippen molar-refractivity contribution in [3.63, 3.8) is 0 Å². The summed E-state index contributed by atoms with van der Waals surface area (Å²) in [5, 5.41) is 87.4. The Kier molecular flexibility index (Phi) is 29.5. The Morgan fingerprint density at radius 1 is 0.514 bits per heavy atom. The zero-order valence-corrected chi connectivity index (χ0v) is 59.7. The van der Waals surface area contributed by atoms with Gasteiger partial charge in [0.2, 0.25) is 59.1 Å². The highest BCUT2D eigenvalue weighted by Gasteiger charge is 2.41. The third-order valence-electron chi connectivity index (χ3n) is 17.9. The van der Waals surface area contributed by atoms with Gasteiger partial charge >= 0.3 is 17.9 Å². The number of imidazole rings is 1. The number of nitrogens with one attached hydrogen (secondary N) is 13. The number of aliphatic hydroxyl groups excluding tert-OH is 2. The first-order valence-electron chi connectivity index (χ1n) is 34.7. The van der Waals surface area contributed by atoms with Gasteiger partial charge in [-0.25, -0.2) is 9.78 Å². The van der Waals surface area contributed by atoms with E-state index in [2.05, 4.69) is 78.8 Å². The van der Waals surface area contributed by atoms with Gasteiger partial charge < -0.3 is 109 Å². The van der Waals surface area contributed by atoms with Crippen LogP contribution in [0.3, 0.4) is 0 Å². The molecular weight excluding hydrogens is 1400 g/mol. The zero-order valence-electron chi connectivity index (χ0n) is 59.7. The van der Waals surface area contributed by atoms with Gasteiger partial charge in [0.05, 0.1) is 18.5 Å². The number of amides is 11. The number of hydrogen-bond donors (Lipinski definition) is 20. The number of phenols is 1. The molecule has 22 N–H and O–H groups in total. The van der Waals surface area contributed by atoms with Crippen LogP contribution in [0, 0.1) is 5.92 Å². The molecule has 4 heterocycles. The lowest BCUT2D eigenvalue weighted by Gasteiger charge is -2.29. The lowest BCUT2D eigenvalue weighted by Crippen LogP contribution is -2.69. The van der Waals surface area contributed by atoms with Crippen LogP contribution < -0.4 is 58.9 Å². The molecular formula is C71H93N16O20+. The molecule has 7 rings (SSSR count). The lowest BCUT2D eigenvalue weighted by atomic mass is 10.0. The zero-order chi connectivity index (χ0) is 78.5. The Morgan fingerprint density at radius 3 is 1.50 bits per heavy atom. The molecule has 1 fully saturated rings. The number of aliphatic carboxylic acids is 3. The first-order valence-corrected chi connectivity index (χ1v) is 34.7. The van der Waals surface area contributed by atoms with Crippen molar-refractivity contribution in [1.29, 1.82) is 0 Å². The highest BCUT2D eigenvalue weighted by Crippen LogP contribution is 2.25. The minimum atomic E-state index is -1.98.